The summed E-state index contributed by atoms with van der Waals surface area (Å²) in [5, 5.41) is 2.86. The lowest BCUT2D eigenvalue weighted by molar-refractivity contribution is -0.120. The highest BCUT2D eigenvalue weighted by Crippen LogP contribution is 2.34. The summed E-state index contributed by atoms with van der Waals surface area (Å²) in [4.78, 5) is 12.3. The summed E-state index contributed by atoms with van der Waals surface area (Å²) in [6, 6.07) is 5.26. The molecule has 1 rings (SSSR count). The van der Waals surface area contributed by atoms with Gasteiger partial charge in [-0.3, -0.25) is 4.79 Å². The highest BCUT2D eigenvalue weighted by atomic mass is 35.5. The molecular weight excluding hydrogens is 256 g/mol. The summed E-state index contributed by atoms with van der Waals surface area (Å²) < 4.78 is 0. The van der Waals surface area contributed by atoms with E-state index >= 15 is 0 Å². The van der Waals surface area contributed by atoms with Gasteiger partial charge in [0.25, 0.3) is 0 Å². The number of thioether (sulfide) groups is 1. The van der Waals surface area contributed by atoms with Crippen molar-refractivity contribution in [2.45, 2.75) is 17.1 Å². The zero-order valence-electron chi connectivity index (χ0n) is 9.37. The Kier molecular flexibility index (Phi) is 5.20. The summed E-state index contributed by atoms with van der Waals surface area (Å²) in [7, 11) is 0. The molecule has 0 saturated heterocycles. The number of halogens is 1. The van der Waals surface area contributed by atoms with E-state index in [1.54, 1.807) is 25.1 Å². The van der Waals surface area contributed by atoms with Crippen LogP contribution in [0.15, 0.2) is 23.1 Å². The molecule has 1 unspecified atom stereocenters. The molecule has 90 valence electrons. The zero-order chi connectivity index (χ0) is 12.8. The molecule has 1 amide bonds. The van der Waals surface area contributed by atoms with E-state index in [1.165, 1.54) is 11.8 Å². The highest BCUT2D eigenvalue weighted by molar-refractivity contribution is 8.00. The van der Waals surface area contributed by atoms with E-state index in [9.17, 15) is 4.79 Å². The second-order valence-electron chi connectivity index (χ2n) is 3.34. The molecular formula is C12H13ClN2OS. The van der Waals surface area contributed by atoms with E-state index in [0.29, 0.717) is 10.7 Å². The first-order valence-electron chi connectivity index (χ1n) is 4.98. The van der Waals surface area contributed by atoms with Gasteiger partial charge in [-0.05, 0) is 19.1 Å². The van der Waals surface area contributed by atoms with Crippen molar-refractivity contribution in [3.8, 4) is 12.3 Å². The van der Waals surface area contributed by atoms with Crippen molar-refractivity contribution in [2.75, 3.05) is 12.3 Å². The summed E-state index contributed by atoms with van der Waals surface area (Å²) in [5.74, 6) is 2.22. The van der Waals surface area contributed by atoms with Crippen LogP contribution in [0.1, 0.15) is 6.92 Å². The summed E-state index contributed by atoms with van der Waals surface area (Å²) >= 11 is 7.34. The first-order chi connectivity index (χ1) is 8.06. The Labute approximate surface area is 110 Å². The van der Waals surface area contributed by atoms with E-state index in [0.717, 1.165) is 4.90 Å². The summed E-state index contributed by atoms with van der Waals surface area (Å²) in [6.45, 7) is 2.00. The lowest BCUT2D eigenvalue weighted by atomic mass is 10.3. The number of rotatable bonds is 4. The van der Waals surface area contributed by atoms with E-state index < -0.39 is 0 Å². The van der Waals surface area contributed by atoms with Crippen LogP contribution in [0.5, 0.6) is 0 Å². The number of amides is 1. The number of nitrogens with one attached hydrogen (secondary N) is 1. The molecule has 0 saturated carbocycles. The average molecular weight is 269 g/mol. The maximum atomic E-state index is 11.6. The van der Waals surface area contributed by atoms with Gasteiger partial charge in [-0.2, -0.15) is 0 Å². The number of hydrogen-bond donors (Lipinski definition) is 2. The number of nitrogen functional groups attached to an aromatic ring is 1. The van der Waals surface area contributed by atoms with Crippen molar-refractivity contribution < 1.29 is 4.79 Å². The molecule has 1 aromatic carbocycles. The number of anilines is 1. The lowest BCUT2D eigenvalue weighted by Crippen LogP contribution is -2.31. The fourth-order valence-electron chi connectivity index (χ4n) is 1.16. The van der Waals surface area contributed by atoms with Crippen molar-refractivity contribution in [3.63, 3.8) is 0 Å². The monoisotopic (exact) mass is 268 g/mol. The first-order valence-corrected chi connectivity index (χ1v) is 6.24. The van der Waals surface area contributed by atoms with Crippen LogP contribution in [0.2, 0.25) is 5.02 Å². The minimum atomic E-state index is -0.300. The third-order valence-electron chi connectivity index (χ3n) is 2.03. The lowest BCUT2D eigenvalue weighted by Gasteiger charge is -2.13. The van der Waals surface area contributed by atoms with Crippen LogP contribution < -0.4 is 11.1 Å². The molecule has 5 heteroatoms. The maximum Gasteiger partial charge on any atom is 0.233 e. The van der Waals surface area contributed by atoms with Gasteiger partial charge in [0.1, 0.15) is 0 Å². The number of nitrogens with two attached hydrogens (primary N) is 1. The molecule has 1 aromatic rings. The van der Waals surface area contributed by atoms with Crippen molar-refractivity contribution in [1.82, 2.24) is 5.32 Å². The van der Waals surface area contributed by atoms with Crippen molar-refractivity contribution in [1.29, 1.82) is 0 Å². The maximum absolute atomic E-state index is 11.6. The predicted octanol–water partition coefficient (Wildman–Crippen LogP) is 2.15. The Morgan fingerprint density at radius 2 is 2.41 bits per heavy atom. The van der Waals surface area contributed by atoms with Crippen LogP contribution in [0.4, 0.5) is 5.69 Å². The smallest absolute Gasteiger partial charge is 0.233 e. The average Bonchev–Trinajstić information content (AvgIpc) is 2.30. The fourth-order valence-corrected chi connectivity index (χ4v) is 2.41. The van der Waals surface area contributed by atoms with Crippen LogP contribution in [-0.4, -0.2) is 17.7 Å². The first kappa shape index (κ1) is 13.8. The van der Waals surface area contributed by atoms with Gasteiger partial charge in [0, 0.05) is 10.6 Å². The molecule has 0 radical (unpaired) electrons. The topological polar surface area (TPSA) is 55.1 Å². The molecule has 0 aliphatic heterocycles. The third kappa shape index (κ3) is 3.88. The van der Waals surface area contributed by atoms with Crippen molar-refractivity contribution in [3.05, 3.63) is 23.2 Å². The van der Waals surface area contributed by atoms with Crippen LogP contribution in [0.25, 0.3) is 0 Å². The Hall–Kier alpha value is -1.31. The number of carbonyl (C=O) groups excluding carboxylic acids is 1. The Morgan fingerprint density at radius 1 is 1.71 bits per heavy atom. The van der Waals surface area contributed by atoms with Crippen LogP contribution in [0, 0.1) is 12.3 Å². The SMILES string of the molecule is C#CCNC(=O)C(C)Sc1c(N)cccc1Cl. The predicted molar refractivity (Wildman–Crippen MR) is 73.0 cm³/mol. The van der Waals surface area contributed by atoms with Crippen LogP contribution in [0.3, 0.4) is 0 Å². The number of hydrogen-bond acceptors (Lipinski definition) is 3. The van der Waals surface area contributed by atoms with E-state index in [-0.39, 0.29) is 17.7 Å². The van der Waals surface area contributed by atoms with Crippen molar-refractivity contribution in [2.24, 2.45) is 0 Å². The highest BCUT2D eigenvalue weighted by Gasteiger charge is 2.16. The minimum Gasteiger partial charge on any atom is -0.398 e. The van der Waals surface area contributed by atoms with Crippen LogP contribution in [-0.2, 0) is 4.79 Å². The molecule has 1 atom stereocenters. The summed E-state index contributed by atoms with van der Waals surface area (Å²) in [6.07, 6.45) is 5.07. The number of carbonyl (C=O) groups is 1. The van der Waals surface area contributed by atoms with E-state index in [1.807, 2.05) is 0 Å². The Balaban J connectivity index is 2.71. The Bertz CT molecular complexity index is 436. The third-order valence-corrected chi connectivity index (χ3v) is 3.71. The van der Waals surface area contributed by atoms with Gasteiger partial charge < -0.3 is 11.1 Å². The molecule has 0 bridgehead atoms. The quantitative estimate of drug-likeness (QED) is 0.500. The normalized spacial score (nSPS) is 11.6. The minimum absolute atomic E-state index is 0.132. The molecule has 0 aromatic heterocycles. The van der Waals surface area contributed by atoms with Gasteiger partial charge in [0.05, 0.1) is 16.8 Å². The zero-order valence-corrected chi connectivity index (χ0v) is 10.9. The largest absolute Gasteiger partial charge is 0.398 e. The summed E-state index contributed by atoms with van der Waals surface area (Å²) in [5.41, 5.74) is 6.37. The van der Waals surface area contributed by atoms with Gasteiger partial charge in [0.2, 0.25) is 5.91 Å². The molecule has 0 aliphatic rings. The Morgan fingerprint density at radius 3 is 3.00 bits per heavy atom. The molecule has 3 N–H and O–H groups in total. The van der Waals surface area contributed by atoms with Gasteiger partial charge in [0.15, 0.2) is 0 Å². The molecule has 0 fully saturated rings. The van der Waals surface area contributed by atoms with Gasteiger partial charge in [-0.15, -0.1) is 18.2 Å². The van der Waals surface area contributed by atoms with E-state index in [2.05, 4.69) is 11.2 Å². The molecule has 0 spiro atoms. The van der Waals surface area contributed by atoms with E-state index in [4.69, 9.17) is 23.8 Å². The molecule has 0 heterocycles. The van der Waals surface area contributed by atoms with Crippen molar-refractivity contribution >= 4 is 35.0 Å². The second kappa shape index (κ2) is 6.43. The standard InChI is InChI=1S/C12H13ClN2OS/c1-3-7-15-12(16)8(2)17-11-9(13)5-4-6-10(11)14/h1,4-6,8H,7,14H2,2H3,(H,15,16). The van der Waals surface area contributed by atoms with Gasteiger partial charge in [-0.25, -0.2) is 0 Å². The molecule has 3 nitrogen and oxygen atoms in total. The van der Waals surface area contributed by atoms with Crippen LogP contribution >= 0.6 is 23.4 Å². The van der Waals surface area contributed by atoms with Gasteiger partial charge >= 0.3 is 0 Å². The fraction of sp³-hybridized carbons (Fsp3) is 0.250. The number of terminal acetylenes is 1. The molecule has 17 heavy (non-hydrogen) atoms. The second-order valence-corrected chi connectivity index (χ2v) is 5.10. The number of benzene rings is 1. The molecule has 0 aliphatic carbocycles. The van der Waals surface area contributed by atoms with Gasteiger partial charge in [-0.1, -0.05) is 23.6 Å².